The van der Waals surface area contributed by atoms with E-state index in [4.69, 9.17) is 0 Å². The standard InChI is InChI=1S/C26H28/c1-5-21(2)13-12-14-22(3)19-20-26(25-17-10-7-11-18-25)23(4)24-15-8-6-9-16-24/h5-11,14-18,20H,1-2,4,12-13,19H2,3H3. The van der Waals surface area contributed by atoms with Gasteiger partial charge in [0.2, 0.25) is 0 Å². The molecule has 0 fully saturated rings. The molecule has 0 heteroatoms. The summed E-state index contributed by atoms with van der Waals surface area (Å²) >= 11 is 0. The van der Waals surface area contributed by atoms with Crippen LogP contribution in [0.2, 0.25) is 0 Å². The molecule has 0 nitrogen and oxygen atoms in total. The molecular weight excluding hydrogens is 312 g/mol. The summed E-state index contributed by atoms with van der Waals surface area (Å²) in [5.74, 6) is 0. The summed E-state index contributed by atoms with van der Waals surface area (Å²) in [6, 6.07) is 20.9. The maximum atomic E-state index is 4.37. The van der Waals surface area contributed by atoms with Gasteiger partial charge in [0.15, 0.2) is 0 Å². The van der Waals surface area contributed by atoms with Crippen molar-refractivity contribution in [2.45, 2.75) is 26.2 Å². The van der Waals surface area contributed by atoms with Crippen LogP contribution in [-0.4, -0.2) is 0 Å². The molecule has 0 amide bonds. The van der Waals surface area contributed by atoms with Crippen molar-refractivity contribution in [3.05, 3.63) is 121 Å². The highest BCUT2D eigenvalue weighted by molar-refractivity contribution is 6.03. The molecule has 2 aromatic carbocycles. The number of hydrogen-bond acceptors (Lipinski definition) is 0. The van der Waals surface area contributed by atoms with E-state index in [1.807, 2.05) is 18.2 Å². The molecule has 26 heavy (non-hydrogen) atoms. The van der Waals surface area contributed by atoms with Crippen LogP contribution in [0.5, 0.6) is 0 Å². The van der Waals surface area contributed by atoms with Gasteiger partial charge in [-0.15, -0.1) is 0 Å². The highest BCUT2D eigenvalue weighted by Gasteiger charge is 2.08. The van der Waals surface area contributed by atoms with Crippen molar-refractivity contribution < 1.29 is 0 Å². The first kappa shape index (κ1) is 19.5. The lowest BCUT2D eigenvalue weighted by Gasteiger charge is -2.12. The second-order valence-corrected chi connectivity index (χ2v) is 6.48. The minimum absolute atomic E-state index is 0.913. The summed E-state index contributed by atoms with van der Waals surface area (Å²) in [5, 5.41) is 0. The number of benzene rings is 2. The zero-order valence-electron chi connectivity index (χ0n) is 15.7. The Kier molecular flexibility index (Phi) is 7.64. The van der Waals surface area contributed by atoms with Crippen LogP contribution >= 0.6 is 0 Å². The molecular formula is C26H28. The van der Waals surface area contributed by atoms with Crippen molar-refractivity contribution >= 4 is 11.1 Å². The van der Waals surface area contributed by atoms with E-state index in [9.17, 15) is 0 Å². The van der Waals surface area contributed by atoms with Crippen molar-refractivity contribution in [3.8, 4) is 0 Å². The Morgan fingerprint density at radius 2 is 1.42 bits per heavy atom. The fourth-order valence-corrected chi connectivity index (χ4v) is 2.78. The highest BCUT2D eigenvalue weighted by atomic mass is 14.1. The van der Waals surface area contributed by atoms with Crippen LogP contribution < -0.4 is 0 Å². The van der Waals surface area contributed by atoms with E-state index in [0.717, 1.165) is 36.0 Å². The minimum atomic E-state index is 0.913. The zero-order valence-corrected chi connectivity index (χ0v) is 15.7. The summed E-state index contributed by atoms with van der Waals surface area (Å²) in [4.78, 5) is 0. The summed E-state index contributed by atoms with van der Waals surface area (Å²) < 4.78 is 0. The lowest BCUT2D eigenvalue weighted by Crippen LogP contribution is -1.90. The molecule has 0 aliphatic rings. The Bertz CT molecular complexity index is 802. The number of hydrogen-bond donors (Lipinski definition) is 0. The zero-order chi connectivity index (χ0) is 18.8. The van der Waals surface area contributed by atoms with Crippen LogP contribution in [0.15, 0.2) is 110 Å². The Balaban J connectivity index is 2.20. The van der Waals surface area contributed by atoms with Crippen LogP contribution in [0.4, 0.5) is 0 Å². The first-order valence-corrected chi connectivity index (χ1v) is 9.08. The molecule has 0 aliphatic carbocycles. The van der Waals surface area contributed by atoms with Crippen LogP contribution in [-0.2, 0) is 0 Å². The van der Waals surface area contributed by atoms with Crippen LogP contribution in [0.25, 0.3) is 11.1 Å². The van der Waals surface area contributed by atoms with Crippen molar-refractivity contribution in [1.82, 2.24) is 0 Å². The maximum absolute atomic E-state index is 4.37. The molecule has 0 bridgehead atoms. The fraction of sp³-hybridized carbons (Fsp3) is 0.154. The number of rotatable bonds is 9. The van der Waals surface area contributed by atoms with Crippen LogP contribution in [0, 0.1) is 0 Å². The van der Waals surface area contributed by atoms with E-state index in [0.29, 0.717) is 0 Å². The quantitative estimate of drug-likeness (QED) is 0.325. The van der Waals surface area contributed by atoms with Crippen LogP contribution in [0.3, 0.4) is 0 Å². The maximum Gasteiger partial charge on any atom is -0.0132 e. The molecule has 0 unspecified atom stereocenters. The summed E-state index contributed by atoms with van der Waals surface area (Å²) in [5.41, 5.74) is 7.06. The third-order valence-corrected chi connectivity index (χ3v) is 4.41. The van der Waals surface area contributed by atoms with Gasteiger partial charge in [-0.2, -0.15) is 0 Å². The average Bonchev–Trinajstić information content (AvgIpc) is 2.69. The Hall–Kier alpha value is -2.86. The molecule has 0 aliphatic heterocycles. The molecule has 0 saturated carbocycles. The van der Waals surface area contributed by atoms with E-state index in [2.05, 4.69) is 87.3 Å². The van der Waals surface area contributed by atoms with Crippen molar-refractivity contribution in [3.63, 3.8) is 0 Å². The van der Waals surface area contributed by atoms with Crippen LogP contribution in [0.1, 0.15) is 37.3 Å². The average molecular weight is 341 g/mol. The third-order valence-electron chi connectivity index (χ3n) is 4.41. The van der Waals surface area contributed by atoms with E-state index >= 15 is 0 Å². The second kappa shape index (κ2) is 10.2. The molecule has 0 aromatic heterocycles. The summed E-state index contributed by atoms with van der Waals surface area (Å²) in [6.45, 7) is 14.3. The molecule has 0 N–H and O–H groups in total. The predicted molar refractivity (Wildman–Crippen MR) is 117 cm³/mol. The van der Waals surface area contributed by atoms with Gasteiger partial charge in [-0.1, -0.05) is 110 Å². The summed E-state index contributed by atoms with van der Waals surface area (Å²) in [6.07, 6.45) is 9.30. The minimum Gasteiger partial charge on any atom is -0.0988 e. The molecule has 0 saturated heterocycles. The largest absolute Gasteiger partial charge is 0.0988 e. The van der Waals surface area contributed by atoms with E-state index in [1.54, 1.807) is 0 Å². The van der Waals surface area contributed by atoms with Gasteiger partial charge in [0, 0.05) is 0 Å². The van der Waals surface area contributed by atoms with Crippen molar-refractivity contribution in [2.75, 3.05) is 0 Å². The molecule has 0 heterocycles. The Labute approximate surface area is 158 Å². The summed E-state index contributed by atoms with van der Waals surface area (Å²) in [7, 11) is 0. The smallest absolute Gasteiger partial charge is 0.0132 e. The van der Waals surface area contributed by atoms with Crippen molar-refractivity contribution in [2.24, 2.45) is 0 Å². The normalized spacial score (nSPS) is 11.9. The van der Waals surface area contributed by atoms with Gasteiger partial charge >= 0.3 is 0 Å². The van der Waals surface area contributed by atoms with E-state index < -0.39 is 0 Å². The van der Waals surface area contributed by atoms with Gasteiger partial charge in [-0.25, -0.2) is 0 Å². The lowest BCUT2D eigenvalue weighted by atomic mass is 9.92. The molecule has 0 atom stereocenters. The molecule has 2 aromatic rings. The molecule has 0 spiro atoms. The van der Waals surface area contributed by atoms with E-state index in [-0.39, 0.29) is 0 Å². The van der Waals surface area contributed by atoms with Gasteiger partial charge in [0.25, 0.3) is 0 Å². The van der Waals surface area contributed by atoms with Gasteiger partial charge < -0.3 is 0 Å². The predicted octanol–water partition coefficient (Wildman–Crippen LogP) is 7.64. The number of allylic oxidation sites excluding steroid dienone is 7. The first-order valence-electron chi connectivity index (χ1n) is 9.08. The fourth-order valence-electron chi connectivity index (χ4n) is 2.78. The molecule has 132 valence electrons. The Morgan fingerprint density at radius 3 is 2.00 bits per heavy atom. The first-order chi connectivity index (χ1) is 12.6. The van der Waals surface area contributed by atoms with Gasteiger partial charge in [-0.05, 0) is 48.5 Å². The highest BCUT2D eigenvalue weighted by Crippen LogP contribution is 2.30. The SMILES string of the molecule is C=CC(=C)CCC=C(C)CC=C(C(=C)c1ccccc1)c1ccccc1. The monoisotopic (exact) mass is 340 g/mol. The lowest BCUT2D eigenvalue weighted by molar-refractivity contribution is 0.989. The van der Waals surface area contributed by atoms with Gasteiger partial charge in [0.1, 0.15) is 0 Å². The third kappa shape index (κ3) is 5.89. The van der Waals surface area contributed by atoms with Gasteiger partial charge in [-0.3, -0.25) is 0 Å². The molecule has 2 rings (SSSR count). The second-order valence-electron chi connectivity index (χ2n) is 6.48. The Morgan fingerprint density at radius 1 is 0.846 bits per heavy atom. The molecule has 0 radical (unpaired) electrons. The van der Waals surface area contributed by atoms with Gasteiger partial charge in [0.05, 0.1) is 0 Å². The topological polar surface area (TPSA) is 0 Å². The van der Waals surface area contributed by atoms with Crippen molar-refractivity contribution in [1.29, 1.82) is 0 Å². The van der Waals surface area contributed by atoms with E-state index in [1.165, 1.54) is 16.7 Å².